The van der Waals surface area contributed by atoms with E-state index in [1.807, 2.05) is 12.1 Å². The maximum atomic E-state index is 11.4. The number of carbonyl (C=O) groups excluding carboxylic acids is 1. The van der Waals surface area contributed by atoms with Crippen molar-refractivity contribution in [3.8, 4) is 11.5 Å². The Kier molecular flexibility index (Phi) is 6.85. The molecule has 0 saturated carbocycles. The third-order valence-corrected chi connectivity index (χ3v) is 7.84. The van der Waals surface area contributed by atoms with E-state index in [0.717, 1.165) is 56.0 Å². The van der Waals surface area contributed by atoms with Crippen LogP contribution in [0.5, 0.6) is 11.5 Å². The van der Waals surface area contributed by atoms with Gasteiger partial charge < -0.3 is 19.3 Å². The first-order chi connectivity index (χ1) is 17.0. The van der Waals surface area contributed by atoms with Crippen molar-refractivity contribution in [1.82, 2.24) is 4.90 Å². The van der Waals surface area contributed by atoms with Gasteiger partial charge in [-0.1, -0.05) is 42.5 Å². The zero-order valence-electron chi connectivity index (χ0n) is 20.7. The van der Waals surface area contributed by atoms with E-state index in [4.69, 9.17) is 14.2 Å². The number of aliphatic hydroxyl groups is 1. The van der Waals surface area contributed by atoms with Crippen LogP contribution in [0.3, 0.4) is 0 Å². The molecule has 35 heavy (non-hydrogen) atoms. The number of aliphatic hydroxyl groups excluding tert-OH is 1. The summed E-state index contributed by atoms with van der Waals surface area (Å²) in [6.45, 7) is 2.91. The summed E-state index contributed by atoms with van der Waals surface area (Å²) in [6.07, 6.45) is 8.47. The largest absolute Gasteiger partial charge is 0.493 e. The molecule has 5 rings (SSSR count). The van der Waals surface area contributed by atoms with Crippen molar-refractivity contribution < 1.29 is 24.1 Å². The van der Waals surface area contributed by atoms with Crippen molar-refractivity contribution in [2.45, 2.75) is 62.7 Å². The average Bonchev–Trinajstić information content (AvgIpc) is 3.12. The Morgan fingerprint density at radius 2 is 1.91 bits per heavy atom. The van der Waals surface area contributed by atoms with E-state index in [1.165, 1.54) is 23.8 Å². The molecule has 0 unspecified atom stereocenters. The van der Waals surface area contributed by atoms with Crippen molar-refractivity contribution in [3.63, 3.8) is 0 Å². The zero-order valence-corrected chi connectivity index (χ0v) is 20.7. The summed E-state index contributed by atoms with van der Waals surface area (Å²) in [5.74, 6) is 1.48. The molecule has 0 amide bonds. The Morgan fingerprint density at radius 3 is 2.66 bits per heavy atom. The van der Waals surface area contributed by atoms with Crippen molar-refractivity contribution in [2.75, 3.05) is 27.3 Å². The fraction of sp³-hybridized carbons (Fsp3) is 0.483. The zero-order chi connectivity index (χ0) is 24.4. The third kappa shape index (κ3) is 4.69. The molecule has 6 nitrogen and oxygen atoms in total. The molecule has 1 aliphatic carbocycles. The highest BCUT2D eigenvalue weighted by molar-refractivity contribution is 5.69. The monoisotopic (exact) mass is 477 g/mol. The number of rotatable bonds is 8. The lowest BCUT2D eigenvalue weighted by Crippen LogP contribution is -2.43. The number of hydrogen-bond acceptors (Lipinski definition) is 6. The first-order valence-corrected chi connectivity index (χ1v) is 12.6. The van der Waals surface area contributed by atoms with Crippen LogP contribution in [0.15, 0.2) is 48.6 Å². The van der Waals surface area contributed by atoms with Crippen LogP contribution in [0.4, 0.5) is 0 Å². The standard InChI is InChI=1S/C29H35NO5/c1-33-24-11-10-22-19-30(16-3-4-20-5-7-21(8-6-20)9-12-26(32)34-2)17-15-29-14-13-23(31)18-25(29)35-28(24)27(22)29/h5-8,10-11,13-14,23,25,31H,3-4,9,12,15-19H2,1-2H3/t23-,25-,29-/m1/s1. The Balaban J connectivity index is 1.25. The number of hydrogen-bond donors (Lipinski definition) is 1. The van der Waals surface area contributed by atoms with Gasteiger partial charge >= 0.3 is 5.97 Å². The summed E-state index contributed by atoms with van der Waals surface area (Å²) in [6, 6.07) is 12.8. The Bertz CT molecular complexity index is 1090. The number of methoxy groups -OCH3 is 2. The van der Waals surface area contributed by atoms with Crippen molar-refractivity contribution >= 4 is 5.97 Å². The van der Waals surface area contributed by atoms with Gasteiger partial charge in [0.2, 0.25) is 0 Å². The molecule has 0 saturated heterocycles. The van der Waals surface area contributed by atoms with E-state index in [2.05, 4.69) is 41.3 Å². The molecule has 0 aromatic heterocycles. The number of esters is 1. The van der Waals surface area contributed by atoms with Crippen LogP contribution in [0.1, 0.15) is 47.9 Å². The Labute approximate surface area is 207 Å². The van der Waals surface area contributed by atoms with Crippen LogP contribution in [0, 0.1) is 0 Å². The lowest BCUT2D eigenvalue weighted by atomic mass is 9.69. The van der Waals surface area contributed by atoms with Gasteiger partial charge in [0.25, 0.3) is 0 Å². The molecule has 6 heteroatoms. The molecule has 2 aromatic rings. The minimum Gasteiger partial charge on any atom is -0.493 e. The maximum Gasteiger partial charge on any atom is 0.305 e. The molecule has 2 aromatic carbocycles. The number of nitrogens with zero attached hydrogens (tertiary/aromatic N) is 1. The van der Waals surface area contributed by atoms with E-state index in [9.17, 15) is 9.90 Å². The Morgan fingerprint density at radius 1 is 1.14 bits per heavy atom. The number of benzene rings is 2. The summed E-state index contributed by atoms with van der Waals surface area (Å²) in [5, 5.41) is 10.3. The minimum absolute atomic E-state index is 0.0507. The van der Waals surface area contributed by atoms with Gasteiger partial charge in [-0.15, -0.1) is 0 Å². The van der Waals surface area contributed by atoms with Gasteiger partial charge in [0, 0.05) is 24.9 Å². The van der Waals surface area contributed by atoms with Gasteiger partial charge in [-0.25, -0.2) is 0 Å². The number of ether oxygens (including phenoxy) is 3. The molecule has 3 atom stereocenters. The minimum atomic E-state index is -0.458. The molecule has 0 radical (unpaired) electrons. The first kappa shape index (κ1) is 23.9. The van der Waals surface area contributed by atoms with Gasteiger partial charge in [-0.2, -0.15) is 0 Å². The molecular weight excluding hydrogens is 442 g/mol. The number of aryl methyl sites for hydroxylation is 2. The normalized spacial score (nSPS) is 24.8. The molecule has 2 heterocycles. The smallest absolute Gasteiger partial charge is 0.305 e. The molecule has 3 aliphatic rings. The van der Waals surface area contributed by atoms with Crippen molar-refractivity contribution in [2.24, 2.45) is 0 Å². The molecule has 1 N–H and O–H groups in total. The molecular formula is C29H35NO5. The summed E-state index contributed by atoms with van der Waals surface area (Å²) in [4.78, 5) is 13.9. The second-order valence-corrected chi connectivity index (χ2v) is 9.96. The van der Waals surface area contributed by atoms with E-state index in [0.29, 0.717) is 19.3 Å². The first-order valence-electron chi connectivity index (χ1n) is 12.6. The lowest BCUT2D eigenvalue weighted by Gasteiger charge is -2.35. The Hall–Kier alpha value is -2.83. The molecule has 2 aliphatic heterocycles. The van der Waals surface area contributed by atoms with Gasteiger partial charge in [0.05, 0.1) is 25.7 Å². The topological polar surface area (TPSA) is 68.2 Å². The van der Waals surface area contributed by atoms with Crippen LogP contribution in [0.2, 0.25) is 0 Å². The van der Waals surface area contributed by atoms with Gasteiger partial charge in [-0.3, -0.25) is 9.69 Å². The molecule has 1 spiro atoms. The summed E-state index contributed by atoms with van der Waals surface area (Å²) >= 11 is 0. The second-order valence-electron chi connectivity index (χ2n) is 9.96. The van der Waals surface area contributed by atoms with Crippen LogP contribution in [-0.2, 0) is 34.3 Å². The fourth-order valence-electron chi connectivity index (χ4n) is 5.91. The predicted octanol–water partition coefficient (Wildman–Crippen LogP) is 3.96. The summed E-state index contributed by atoms with van der Waals surface area (Å²) < 4.78 is 16.8. The third-order valence-electron chi connectivity index (χ3n) is 7.84. The SMILES string of the molecule is COC(=O)CCc1ccc(CCCN2CC[C@]34C=C[C@@H](O)C[C@H]3Oc3c(OC)ccc(c34)C2)cc1. The van der Waals surface area contributed by atoms with E-state index >= 15 is 0 Å². The van der Waals surface area contributed by atoms with E-state index in [-0.39, 0.29) is 17.5 Å². The average molecular weight is 478 g/mol. The molecule has 186 valence electrons. The molecule has 0 fully saturated rings. The van der Waals surface area contributed by atoms with Crippen molar-refractivity contribution in [3.05, 3.63) is 70.8 Å². The van der Waals surface area contributed by atoms with Crippen LogP contribution in [-0.4, -0.2) is 55.5 Å². The van der Waals surface area contributed by atoms with Crippen LogP contribution in [0.25, 0.3) is 0 Å². The quantitative estimate of drug-likeness (QED) is 0.459. The highest BCUT2D eigenvalue weighted by Crippen LogP contribution is 2.55. The van der Waals surface area contributed by atoms with Crippen LogP contribution >= 0.6 is 0 Å². The van der Waals surface area contributed by atoms with E-state index in [1.54, 1.807) is 7.11 Å². The summed E-state index contributed by atoms with van der Waals surface area (Å²) in [5.41, 5.74) is 4.86. The highest BCUT2D eigenvalue weighted by atomic mass is 16.5. The van der Waals surface area contributed by atoms with Gasteiger partial charge in [-0.05, 0) is 61.5 Å². The highest BCUT2D eigenvalue weighted by Gasteiger charge is 2.52. The van der Waals surface area contributed by atoms with Gasteiger partial charge in [0.1, 0.15) is 6.10 Å². The van der Waals surface area contributed by atoms with Crippen molar-refractivity contribution in [1.29, 1.82) is 0 Å². The predicted molar refractivity (Wildman–Crippen MR) is 134 cm³/mol. The van der Waals surface area contributed by atoms with Gasteiger partial charge in [0.15, 0.2) is 11.5 Å². The van der Waals surface area contributed by atoms with E-state index < -0.39 is 6.10 Å². The number of carbonyl (C=O) groups is 1. The lowest BCUT2D eigenvalue weighted by molar-refractivity contribution is -0.140. The molecule has 0 bridgehead atoms. The maximum absolute atomic E-state index is 11.4. The summed E-state index contributed by atoms with van der Waals surface area (Å²) in [7, 11) is 3.12. The van der Waals surface area contributed by atoms with Crippen LogP contribution < -0.4 is 9.47 Å². The fourth-order valence-corrected chi connectivity index (χ4v) is 5.91. The second kappa shape index (κ2) is 10.0.